The van der Waals surface area contributed by atoms with E-state index >= 15 is 0 Å². The first kappa shape index (κ1) is 21.7. The normalized spacial score (nSPS) is 14.3. The van der Waals surface area contributed by atoms with E-state index in [2.05, 4.69) is 9.74 Å². The molecule has 32 heavy (non-hydrogen) atoms. The number of Topliss-reactive ketones (excluding diaryl/α,β-unsaturated/α-hetero) is 1. The molecule has 7 heteroatoms. The van der Waals surface area contributed by atoms with Gasteiger partial charge in [-0.1, -0.05) is 18.6 Å². The molecule has 0 aliphatic carbocycles. The number of fused-ring (bicyclic) bond motifs is 1. The lowest BCUT2D eigenvalue weighted by molar-refractivity contribution is -0.116. The van der Waals surface area contributed by atoms with Crippen molar-refractivity contribution in [2.75, 3.05) is 31.6 Å². The number of hydrogen-bond donors (Lipinski definition) is 0. The minimum absolute atomic E-state index is 0.0426. The Hall–Kier alpha value is -3.50. The average molecular weight is 430 g/mol. The van der Waals surface area contributed by atoms with Crippen LogP contribution in [-0.4, -0.2) is 52.8 Å². The molecule has 2 aromatic heterocycles. The van der Waals surface area contributed by atoms with Gasteiger partial charge < -0.3 is 9.47 Å². The van der Waals surface area contributed by atoms with Crippen molar-refractivity contribution >= 4 is 34.2 Å². The molecule has 164 valence electrons. The van der Waals surface area contributed by atoms with Crippen molar-refractivity contribution in [2.24, 2.45) is 0 Å². The molecule has 3 heterocycles. The van der Waals surface area contributed by atoms with Gasteiger partial charge in [-0.3, -0.25) is 14.5 Å². The molecular weight excluding hydrogens is 402 g/mol. The zero-order valence-electron chi connectivity index (χ0n) is 18.8. The fourth-order valence-corrected chi connectivity index (χ4v) is 4.36. The highest BCUT2D eigenvalue weighted by molar-refractivity contribution is 6.10. The Morgan fingerprint density at radius 2 is 1.78 bits per heavy atom. The number of hydrogen-bond acceptors (Lipinski definition) is 4. The molecule has 1 aliphatic heterocycles. The van der Waals surface area contributed by atoms with Crippen molar-refractivity contribution in [2.45, 2.75) is 33.1 Å². The summed E-state index contributed by atoms with van der Waals surface area (Å²) in [5.74, 6) is 0.433. The molecule has 0 spiro atoms. The molecule has 0 radical (unpaired) electrons. The van der Waals surface area contributed by atoms with Gasteiger partial charge in [0.25, 0.3) is 0 Å². The van der Waals surface area contributed by atoms with E-state index in [9.17, 15) is 9.59 Å². The fourth-order valence-electron chi connectivity index (χ4n) is 4.36. The summed E-state index contributed by atoms with van der Waals surface area (Å²) in [6, 6.07) is 11.0. The predicted octanol–water partition coefficient (Wildman–Crippen LogP) is 4.54. The maximum Gasteiger partial charge on any atom is 0.224 e. The van der Waals surface area contributed by atoms with Gasteiger partial charge in [0.15, 0.2) is 11.5 Å². The summed E-state index contributed by atoms with van der Waals surface area (Å²) >= 11 is 0. The van der Waals surface area contributed by atoms with Gasteiger partial charge in [0, 0.05) is 25.4 Å². The molecule has 0 saturated carbocycles. The van der Waals surface area contributed by atoms with E-state index in [0.29, 0.717) is 29.1 Å². The first-order valence-corrected chi connectivity index (χ1v) is 10.9. The van der Waals surface area contributed by atoms with Crippen molar-refractivity contribution in [1.29, 1.82) is 0 Å². The number of carbonyl (C=O) groups excluding carboxylic acids is 2. The number of likely N-dealkylation sites (tertiary alicyclic amines) is 1. The summed E-state index contributed by atoms with van der Waals surface area (Å²) in [5, 5.41) is 0. The molecule has 0 bridgehead atoms. The molecule has 7 nitrogen and oxygen atoms in total. The minimum atomic E-state index is -0.121. The second kappa shape index (κ2) is 8.93. The quantitative estimate of drug-likeness (QED) is 0.441. The van der Waals surface area contributed by atoms with E-state index in [4.69, 9.17) is 11.6 Å². The number of pyridine rings is 1. The largest absolute Gasteiger partial charge is 0.312 e. The molecule has 1 amide bonds. The number of piperidine rings is 1. The summed E-state index contributed by atoms with van der Waals surface area (Å²) in [7, 11) is 1.68. The van der Waals surface area contributed by atoms with E-state index in [1.807, 2.05) is 29.7 Å². The summed E-state index contributed by atoms with van der Waals surface area (Å²) in [6.45, 7) is 12.9. The van der Waals surface area contributed by atoms with E-state index in [0.717, 1.165) is 42.8 Å². The topological polar surface area (TPSA) is 62.8 Å². The zero-order chi connectivity index (χ0) is 22.8. The monoisotopic (exact) mass is 429 g/mol. The highest BCUT2D eigenvalue weighted by Crippen LogP contribution is 2.31. The van der Waals surface area contributed by atoms with Gasteiger partial charge in [0.05, 0.1) is 24.2 Å². The van der Waals surface area contributed by atoms with Crippen molar-refractivity contribution < 1.29 is 9.59 Å². The first-order valence-electron chi connectivity index (χ1n) is 10.9. The summed E-state index contributed by atoms with van der Waals surface area (Å²) in [4.78, 5) is 37.3. The molecule has 1 saturated heterocycles. The highest BCUT2D eigenvalue weighted by atomic mass is 16.2. The van der Waals surface area contributed by atoms with E-state index < -0.39 is 0 Å². The summed E-state index contributed by atoms with van der Waals surface area (Å²) in [5.41, 5.74) is 4.25. The maximum absolute atomic E-state index is 13.5. The molecule has 1 fully saturated rings. The third kappa shape index (κ3) is 4.02. The summed E-state index contributed by atoms with van der Waals surface area (Å²) in [6.07, 6.45) is 3.45. The smallest absolute Gasteiger partial charge is 0.224 e. The van der Waals surface area contributed by atoms with Crippen LogP contribution in [0.4, 0.5) is 11.5 Å². The number of nitrogens with zero attached hydrogens (tertiary/aromatic N) is 5. The SMILES string of the molecule is [C-]#[N+]c1ccc(-n2c(C)c(C(=O)CN3CCCCC3)c3nc(N(C)C(C)=O)ccc32)cc1. The standard InChI is InChI=1S/C25H27N5O2/c1-17-24(22(32)16-29-14-6-5-7-15-29)25-21(12-13-23(27-25)28(4)18(2)31)30(17)20-10-8-19(26-3)9-11-20/h8-13H,5-7,14-16H2,1-2,4H3. The third-order valence-corrected chi connectivity index (χ3v) is 6.18. The Morgan fingerprint density at radius 3 is 2.41 bits per heavy atom. The zero-order valence-corrected chi connectivity index (χ0v) is 18.8. The Balaban J connectivity index is 1.86. The predicted molar refractivity (Wildman–Crippen MR) is 126 cm³/mol. The Kier molecular flexibility index (Phi) is 6.06. The van der Waals surface area contributed by atoms with Gasteiger partial charge in [-0.15, -0.1) is 0 Å². The number of rotatable bonds is 5. The third-order valence-electron chi connectivity index (χ3n) is 6.18. The molecule has 1 aliphatic rings. The molecule has 3 aromatic rings. The van der Waals surface area contributed by atoms with Crippen LogP contribution >= 0.6 is 0 Å². The van der Waals surface area contributed by atoms with Gasteiger partial charge in [-0.2, -0.15) is 0 Å². The number of ketones is 1. The van der Waals surface area contributed by atoms with Crippen molar-refractivity contribution in [1.82, 2.24) is 14.5 Å². The van der Waals surface area contributed by atoms with Crippen LogP contribution in [-0.2, 0) is 4.79 Å². The molecular formula is C25H27N5O2. The number of anilines is 1. The van der Waals surface area contributed by atoms with Crippen LogP contribution in [0.25, 0.3) is 21.6 Å². The second-order valence-corrected chi connectivity index (χ2v) is 8.30. The van der Waals surface area contributed by atoms with Gasteiger partial charge in [0.2, 0.25) is 5.91 Å². The molecule has 0 N–H and O–H groups in total. The van der Waals surface area contributed by atoms with Crippen molar-refractivity contribution in [3.63, 3.8) is 0 Å². The lowest BCUT2D eigenvalue weighted by atomic mass is 10.1. The molecule has 1 aromatic carbocycles. The summed E-state index contributed by atoms with van der Waals surface area (Å²) < 4.78 is 2.01. The lowest BCUT2D eigenvalue weighted by Crippen LogP contribution is -2.34. The molecule has 0 unspecified atom stereocenters. The fraction of sp³-hybridized carbons (Fsp3) is 0.360. The van der Waals surface area contributed by atoms with Crippen molar-refractivity contribution in [3.05, 3.63) is 59.1 Å². The van der Waals surface area contributed by atoms with Crippen LogP contribution in [0.15, 0.2) is 36.4 Å². The lowest BCUT2D eigenvalue weighted by Gasteiger charge is -2.25. The minimum Gasteiger partial charge on any atom is -0.312 e. The van der Waals surface area contributed by atoms with Gasteiger partial charge >= 0.3 is 0 Å². The number of benzene rings is 1. The maximum atomic E-state index is 13.5. The van der Waals surface area contributed by atoms with E-state index in [1.54, 1.807) is 25.2 Å². The van der Waals surface area contributed by atoms with Gasteiger partial charge in [0.1, 0.15) is 11.3 Å². The Bertz CT molecular complexity index is 1210. The Morgan fingerprint density at radius 1 is 1.09 bits per heavy atom. The van der Waals surface area contributed by atoms with Crippen LogP contribution in [0.3, 0.4) is 0 Å². The number of amides is 1. The first-order chi connectivity index (χ1) is 15.4. The number of aromatic nitrogens is 2. The van der Waals surface area contributed by atoms with E-state index in [1.165, 1.54) is 18.2 Å². The van der Waals surface area contributed by atoms with E-state index in [-0.39, 0.29) is 11.7 Å². The number of carbonyl (C=O) groups is 2. The Labute approximate surface area is 188 Å². The van der Waals surface area contributed by atoms with Gasteiger partial charge in [-0.05, 0) is 57.1 Å². The molecule has 0 atom stereocenters. The average Bonchev–Trinajstić information content (AvgIpc) is 3.10. The highest BCUT2D eigenvalue weighted by Gasteiger charge is 2.25. The van der Waals surface area contributed by atoms with Crippen molar-refractivity contribution in [3.8, 4) is 5.69 Å². The van der Waals surface area contributed by atoms with Crippen LogP contribution < -0.4 is 4.90 Å². The van der Waals surface area contributed by atoms with Crippen LogP contribution in [0.2, 0.25) is 0 Å². The van der Waals surface area contributed by atoms with Crippen LogP contribution in [0.1, 0.15) is 42.2 Å². The molecule has 4 rings (SSSR count). The second-order valence-electron chi connectivity index (χ2n) is 8.30. The van der Waals surface area contributed by atoms with Gasteiger partial charge in [-0.25, -0.2) is 9.83 Å². The van der Waals surface area contributed by atoms with Crippen LogP contribution in [0, 0.1) is 13.5 Å². The van der Waals surface area contributed by atoms with Crippen LogP contribution in [0.5, 0.6) is 0 Å².